The first-order valence-electron chi connectivity index (χ1n) is 7.14. The monoisotopic (exact) mass is 305 g/mol. The predicted molar refractivity (Wildman–Crippen MR) is 94.7 cm³/mol. The second-order valence-electron chi connectivity index (χ2n) is 5.45. The fourth-order valence-electron chi connectivity index (χ4n) is 2.55. The molecule has 0 radical (unpaired) electrons. The number of fused-ring (bicyclic) bond motifs is 3. The largest absolute Gasteiger partial charge is 0.378 e. The predicted octanol–water partition coefficient (Wildman–Crippen LogP) is 4.58. The van der Waals surface area contributed by atoms with E-state index >= 15 is 0 Å². The Morgan fingerprint density at radius 2 is 1.68 bits per heavy atom. The lowest BCUT2D eigenvalue weighted by atomic mass is 10.2. The van der Waals surface area contributed by atoms with Crippen LogP contribution in [0.2, 0.25) is 0 Å². The first-order valence-corrected chi connectivity index (χ1v) is 7.96. The summed E-state index contributed by atoms with van der Waals surface area (Å²) in [5, 5.41) is 2.21. The molecular weight excluding hydrogens is 290 g/mol. The SMILES string of the molecule is CN(C)c1ccc(-c2nc3cnc4ccccc4c3s2)cc1. The molecule has 4 aromatic rings. The third kappa shape index (κ3) is 2.12. The average molecular weight is 305 g/mol. The smallest absolute Gasteiger partial charge is 0.124 e. The van der Waals surface area contributed by atoms with Gasteiger partial charge in [-0.1, -0.05) is 18.2 Å². The summed E-state index contributed by atoms with van der Waals surface area (Å²) in [6.07, 6.45) is 1.87. The van der Waals surface area contributed by atoms with Crippen LogP contribution in [-0.4, -0.2) is 24.1 Å². The summed E-state index contributed by atoms with van der Waals surface area (Å²) < 4.78 is 1.21. The number of thiazole rings is 1. The Kier molecular flexibility index (Phi) is 3.05. The van der Waals surface area contributed by atoms with Crippen molar-refractivity contribution in [3.8, 4) is 10.6 Å². The third-order valence-electron chi connectivity index (χ3n) is 3.76. The second-order valence-corrected chi connectivity index (χ2v) is 6.45. The lowest BCUT2D eigenvalue weighted by Gasteiger charge is -2.11. The molecule has 0 aliphatic rings. The third-order valence-corrected chi connectivity index (χ3v) is 4.91. The van der Waals surface area contributed by atoms with Gasteiger partial charge in [-0.15, -0.1) is 11.3 Å². The average Bonchev–Trinajstić information content (AvgIpc) is 2.99. The van der Waals surface area contributed by atoms with E-state index in [2.05, 4.69) is 46.3 Å². The van der Waals surface area contributed by atoms with Crippen LogP contribution in [0.4, 0.5) is 5.69 Å². The van der Waals surface area contributed by atoms with Gasteiger partial charge in [-0.3, -0.25) is 4.98 Å². The molecular formula is C18H15N3S. The van der Waals surface area contributed by atoms with Crippen LogP contribution >= 0.6 is 11.3 Å². The molecule has 0 fully saturated rings. The molecule has 0 aliphatic heterocycles. The first kappa shape index (κ1) is 13.2. The number of nitrogens with zero attached hydrogens (tertiary/aromatic N) is 3. The Morgan fingerprint density at radius 3 is 2.45 bits per heavy atom. The van der Waals surface area contributed by atoms with Crippen molar-refractivity contribution >= 4 is 38.1 Å². The number of aromatic nitrogens is 2. The zero-order valence-corrected chi connectivity index (χ0v) is 13.3. The molecule has 0 bridgehead atoms. The highest BCUT2D eigenvalue weighted by molar-refractivity contribution is 7.22. The van der Waals surface area contributed by atoms with E-state index in [4.69, 9.17) is 4.98 Å². The molecule has 108 valence electrons. The van der Waals surface area contributed by atoms with E-state index in [1.54, 1.807) is 11.3 Å². The number of benzene rings is 2. The van der Waals surface area contributed by atoms with E-state index in [-0.39, 0.29) is 0 Å². The van der Waals surface area contributed by atoms with Crippen molar-refractivity contribution in [3.05, 3.63) is 54.7 Å². The van der Waals surface area contributed by atoms with Crippen molar-refractivity contribution in [2.24, 2.45) is 0 Å². The number of para-hydroxylation sites is 1. The zero-order chi connectivity index (χ0) is 15.1. The van der Waals surface area contributed by atoms with Gasteiger partial charge in [0.1, 0.15) is 10.5 Å². The minimum Gasteiger partial charge on any atom is -0.378 e. The molecule has 0 atom stereocenters. The van der Waals surface area contributed by atoms with Crippen molar-refractivity contribution in [1.29, 1.82) is 0 Å². The van der Waals surface area contributed by atoms with Gasteiger partial charge in [0.05, 0.1) is 16.4 Å². The summed E-state index contributed by atoms with van der Waals surface area (Å²) in [5.74, 6) is 0. The van der Waals surface area contributed by atoms with Crippen molar-refractivity contribution in [1.82, 2.24) is 9.97 Å². The number of rotatable bonds is 2. The maximum absolute atomic E-state index is 4.75. The van der Waals surface area contributed by atoms with E-state index in [9.17, 15) is 0 Å². The molecule has 3 nitrogen and oxygen atoms in total. The summed E-state index contributed by atoms with van der Waals surface area (Å²) in [6.45, 7) is 0. The molecule has 0 saturated carbocycles. The Morgan fingerprint density at radius 1 is 0.909 bits per heavy atom. The van der Waals surface area contributed by atoms with Crippen LogP contribution in [0.3, 0.4) is 0 Å². The van der Waals surface area contributed by atoms with Gasteiger partial charge in [0.25, 0.3) is 0 Å². The molecule has 2 heterocycles. The number of hydrogen-bond donors (Lipinski definition) is 0. The van der Waals surface area contributed by atoms with Crippen LogP contribution in [0, 0.1) is 0 Å². The molecule has 0 spiro atoms. The standard InChI is InChI=1S/C18H15N3S/c1-21(2)13-9-7-12(8-10-13)18-20-16-11-19-15-6-4-3-5-14(15)17(16)22-18/h3-11H,1-2H3. The maximum atomic E-state index is 4.75. The number of pyridine rings is 1. The van der Waals surface area contributed by atoms with Gasteiger partial charge >= 0.3 is 0 Å². The van der Waals surface area contributed by atoms with Gasteiger partial charge in [-0.05, 0) is 30.3 Å². The van der Waals surface area contributed by atoms with Gasteiger partial charge in [-0.25, -0.2) is 4.98 Å². The highest BCUT2D eigenvalue weighted by Gasteiger charge is 2.10. The molecule has 0 aliphatic carbocycles. The van der Waals surface area contributed by atoms with Gasteiger partial charge in [0.15, 0.2) is 0 Å². The molecule has 22 heavy (non-hydrogen) atoms. The summed E-state index contributed by atoms with van der Waals surface area (Å²) in [5.41, 5.74) is 4.33. The maximum Gasteiger partial charge on any atom is 0.124 e. The van der Waals surface area contributed by atoms with Crippen LogP contribution in [0.25, 0.3) is 31.7 Å². The van der Waals surface area contributed by atoms with Gasteiger partial charge in [-0.2, -0.15) is 0 Å². The lowest BCUT2D eigenvalue weighted by molar-refractivity contribution is 1.13. The minimum atomic E-state index is 0.968. The Hall–Kier alpha value is -2.46. The van der Waals surface area contributed by atoms with E-state index in [1.807, 2.05) is 32.4 Å². The Labute approximate surface area is 132 Å². The zero-order valence-electron chi connectivity index (χ0n) is 12.4. The molecule has 2 aromatic heterocycles. The summed E-state index contributed by atoms with van der Waals surface area (Å²) >= 11 is 1.73. The van der Waals surface area contributed by atoms with Crippen LogP contribution < -0.4 is 4.90 Å². The number of hydrogen-bond acceptors (Lipinski definition) is 4. The Bertz CT molecular complexity index is 955. The van der Waals surface area contributed by atoms with Gasteiger partial charge < -0.3 is 4.90 Å². The van der Waals surface area contributed by atoms with E-state index in [0.29, 0.717) is 0 Å². The second kappa shape index (κ2) is 5.07. The minimum absolute atomic E-state index is 0.968. The molecule has 0 N–H and O–H groups in total. The normalized spacial score (nSPS) is 11.2. The number of anilines is 1. The van der Waals surface area contributed by atoms with E-state index < -0.39 is 0 Å². The molecule has 0 unspecified atom stereocenters. The van der Waals surface area contributed by atoms with Crippen molar-refractivity contribution in [2.75, 3.05) is 19.0 Å². The highest BCUT2D eigenvalue weighted by atomic mass is 32.1. The molecule has 2 aromatic carbocycles. The van der Waals surface area contributed by atoms with Gasteiger partial charge in [0, 0.05) is 30.7 Å². The quantitative estimate of drug-likeness (QED) is 0.543. The van der Waals surface area contributed by atoms with Crippen molar-refractivity contribution in [2.45, 2.75) is 0 Å². The van der Waals surface area contributed by atoms with Crippen LogP contribution in [0.5, 0.6) is 0 Å². The summed E-state index contributed by atoms with van der Waals surface area (Å²) in [4.78, 5) is 11.3. The molecule has 0 amide bonds. The topological polar surface area (TPSA) is 29.0 Å². The van der Waals surface area contributed by atoms with Crippen molar-refractivity contribution in [3.63, 3.8) is 0 Å². The van der Waals surface area contributed by atoms with Crippen molar-refractivity contribution < 1.29 is 0 Å². The van der Waals surface area contributed by atoms with Gasteiger partial charge in [0.2, 0.25) is 0 Å². The van der Waals surface area contributed by atoms with E-state index in [1.165, 1.54) is 15.8 Å². The molecule has 0 saturated heterocycles. The molecule has 4 rings (SSSR count). The Balaban J connectivity index is 1.87. The van der Waals surface area contributed by atoms with E-state index in [0.717, 1.165) is 21.6 Å². The summed E-state index contributed by atoms with van der Waals surface area (Å²) in [7, 11) is 4.09. The van der Waals surface area contributed by atoms with Crippen LogP contribution in [-0.2, 0) is 0 Å². The summed E-state index contributed by atoms with van der Waals surface area (Å²) in [6, 6.07) is 16.7. The van der Waals surface area contributed by atoms with Crippen LogP contribution in [0.1, 0.15) is 0 Å². The lowest BCUT2D eigenvalue weighted by Crippen LogP contribution is -2.07. The highest BCUT2D eigenvalue weighted by Crippen LogP contribution is 2.34. The molecule has 4 heteroatoms. The first-order chi connectivity index (χ1) is 10.7. The fraction of sp³-hybridized carbons (Fsp3) is 0.111. The fourth-order valence-corrected chi connectivity index (χ4v) is 3.62. The van der Waals surface area contributed by atoms with Crippen LogP contribution in [0.15, 0.2) is 54.7 Å².